The molecule has 36 heavy (non-hydrogen) atoms. The van der Waals surface area contributed by atoms with Gasteiger partial charge in [0.2, 0.25) is 0 Å². The first-order valence-corrected chi connectivity index (χ1v) is 13.0. The molecule has 0 aliphatic carbocycles. The summed E-state index contributed by atoms with van der Waals surface area (Å²) in [7, 11) is 0. The molecule has 0 spiro atoms. The maximum Gasteiger partial charge on any atom is 0.344 e. The molecular formula is C26H29Br2N3O5. The fourth-order valence-electron chi connectivity index (χ4n) is 3.33. The van der Waals surface area contributed by atoms with Crippen LogP contribution in [0.5, 0.6) is 11.5 Å². The number of nitrogens with zero attached hydrogens (tertiary/aromatic N) is 3. The van der Waals surface area contributed by atoms with E-state index in [1.807, 2.05) is 39.8 Å². The van der Waals surface area contributed by atoms with Crippen LogP contribution in [0, 0.1) is 0 Å². The summed E-state index contributed by atoms with van der Waals surface area (Å²) < 4.78 is 19.2. The second-order valence-corrected chi connectivity index (χ2v) is 11.1. The van der Waals surface area contributed by atoms with Crippen molar-refractivity contribution >= 4 is 54.9 Å². The molecule has 1 heterocycles. The summed E-state index contributed by atoms with van der Waals surface area (Å²) in [5, 5.41) is 4.98. The summed E-state index contributed by atoms with van der Waals surface area (Å²) >= 11 is 6.95. The second kappa shape index (κ2) is 11.6. The van der Waals surface area contributed by atoms with Gasteiger partial charge in [0.15, 0.2) is 18.1 Å². The molecule has 0 aliphatic heterocycles. The molecule has 192 valence electrons. The molecule has 0 saturated carbocycles. The molecule has 3 rings (SSSR count). The number of carbonyl (C=O) groups is 1. The zero-order valence-electron chi connectivity index (χ0n) is 21.1. The lowest BCUT2D eigenvalue weighted by atomic mass is 9.95. The van der Waals surface area contributed by atoms with E-state index in [1.54, 1.807) is 38.3 Å². The Balaban J connectivity index is 2.03. The van der Waals surface area contributed by atoms with Crippen LogP contribution in [0.4, 0.5) is 0 Å². The third kappa shape index (κ3) is 6.73. The van der Waals surface area contributed by atoms with Crippen LogP contribution in [-0.4, -0.2) is 41.2 Å². The Morgan fingerprint density at radius 3 is 2.47 bits per heavy atom. The maximum atomic E-state index is 13.4. The minimum absolute atomic E-state index is 0.232. The highest BCUT2D eigenvalue weighted by atomic mass is 79.9. The highest BCUT2D eigenvalue weighted by Crippen LogP contribution is 2.33. The number of benzene rings is 2. The highest BCUT2D eigenvalue weighted by Gasteiger charge is 2.23. The van der Waals surface area contributed by atoms with Crippen molar-refractivity contribution in [3.63, 3.8) is 0 Å². The zero-order valence-corrected chi connectivity index (χ0v) is 24.3. The van der Waals surface area contributed by atoms with Crippen LogP contribution < -0.4 is 15.0 Å². The predicted molar refractivity (Wildman–Crippen MR) is 147 cm³/mol. The summed E-state index contributed by atoms with van der Waals surface area (Å²) in [5.74, 6) is 0.872. The summed E-state index contributed by atoms with van der Waals surface area (Å²) in [6, 6.07) is 8.83. The van der Waals surface area contributed by atoms with Gasteiger partial charge in [0.05, 0.1) is 29.8 Å². The quantitative estimate of drug-likeness (QED) is 0.232. The van der Waals surface area contributed by atoms with Crippen molar-refractivity contribution in [2.24, 2.45) is 5.10 Å². The van der Waals surface area contributed by atoms with Gasteiger partial charge in [-0.1, -0.05) is 36.7 Å². The number of ether oxygens (including phenoxy) is 3. The molecule has 0 N–H and O–H groups in total. The third-order valence-electron chi connectivity index (χ3n) is 4.87. The lowest BCUT2D eigenvalue weighted by molar-refractivity contribution is -0.149. The average Bonchev–Trinajstić information content (AvgIpc) is 2.78. The van der Waals surface area contributed by atoms with Crippen molar-refractivity contribution in [1.82, 2.24) is 9.66 Å². The number of halogens is 2. The molecule has 0 radical (unpaired) electrons. The minimum Gasteiger partial charge on any atom is -0.490 e. The van der Waals surface area contributed by atoms with Gasteiger partial charge in [-0.15, -0.1) is 0 Å². The maximum absolute atomic E-state index is 13.4. The Morgan fingerprint density at radius 1 is 1.14 bits per heavy atom. The lowest BCUT2D eigenvalue weighted by Gasteiger charge is -2.21. The Labute approximate surface area is 226 Å². The molecule has 0 fully saturated rings. The smallest absolute Gasteiger partial charge is 0.344 e. The van der Waals surface area contributed by atoms with E-state index in [4.69, 9.17) is 19.2 Å². The zero-order chi connectivity index (χ0) is 26.6. The van der Waals surface area contributed by atoms with Crippen molar-refractivity contribution in [3.8, 4) is 11.5 Å². The van der Waals surface area contributed by atoms with Crippen molar-refractivity contribution in [3.05, 3.63) is 61.0 Å². The van der Waals surface area contributed by atoms with E-state index in [0.717, 1.165) is 4.47 Å². The number of rotatable bonds is 8. The number of aromatic nitrogens is 2. The van der Waals surface area contributed by atoms with Gasteiger partial charge in [-0.3, -0.25) is 4.79 Å². The highest BCUT2D eigenvalue weighted by molar-refractivity contribution is 9.10. The molecule has 0 bridgehead atoms. The second-order valence-electron chi connectivity index (χ2n) is 9.29. The summed E-state index contributed by atoms with van der Waals surface area (Å²) in [6.45, 7) is 11.5. The summed E-state index contributed by atoms with van der Waals surface area (Å²) in [4.78, 5) is 30.0. The van der Waals surface area contributed by atoms with E-state index < -0.39 is 11.4 Å². The Bertz CT molecular complexity index is 1360. The van der Waals surface area contributed by atoms with Crippen molar-refractivity contribution in [2.75, 3.05) is 13.2 Å². The van der Waals surface area contributed by atoms with E-state index in [0.29, 0.717) is 44.9 Å². The number of fused-ring (bicyclic) bond motifs is 1. The van der Waals surface area contributed by atoms with Gasteiger partial charge >= 0.3 is 5.97 Å². The van der Waals surface area contributed by atoms with Crippen LogP contribution in [0.15, 0.2) is 49.2 Å². The van der Waals surface area contributed by atoms with Crippen LogP contribution in [0.3, 0.4) is 0 Å². The van der Waals surface area contributed by atoms with Crippen LogP contribution >= 0.6 is 31.9 Å². The first-order valence-electron chi connectivity index (χ1n) is 11.5. The van der Waals surface area contributed by atoms with Gasteiger partial charge in [0, 0.05) is 19.9 Å². The van der Waals surface area contributed by atoms with Crippen LogP contribution in [0.25, 0.3) is 10.9 Å². The molecule has 0 amide bonds. The Hall–Kier alpha value is -2.72. The molecule has 0 unspecified atom stereocenters. The van der Waals surface area contributed by atoms with Crippen LogP contribution in [0.2, 0.25) is 0 Å². The Morgan fingerprint density at radius 2 is 1.83 bits per heavy atom. The van der Waals surface area contributed by atoms with Gasteiger partial charge in [-0.25, -0.2) is 9.78 Å². The van der Waals surface area contributed by atoms with Gasteiger partial charge in [-0.05, 0) is 67.0 Å². The minimum atomic E-state index is -0.473. The van der Waals surface area contributed by atoms with E-state index in [2.05, 4.69) is 37.0 Å². The van der Waals surface area contributed by atoms with E-state index in [9.17, 15) is 9.59 Å². The van der Waals surface area contributed by atoms with Crippen molar-refractivity contribution in [2.45, 2.75) is 53.1 Å². The number of esters is 1. The number of carbonyl (C=O) groups excluding carboxylic acids is 1. The van der Waals surface area contributed by atoms with E-state index in [1.165, 1.54) is 4.68 Å². The summed E-state index contributed by atoms with van der Waals surface area (Å²) in [6.07, 6.45) is 1.33. The van der Waals surface area contributed by atoms with Gasteiger partial charge < -0.3 is 14.2 Å². The molecule has 0 saturated heterocycles. The molecule has 1 aromatic heterocycles. The van der Waals surface area contributed by atoms with Crippen LogP contribution in [-0.2, 0) is 14.9 Å². The predicted octanol–water partition coefficient (Wildman–Crippen LogP) is 5.83. The van der Waals surface area contributed by atoms with E-state index >= 15 is 0 Å². The third-order valence-corrected chi connectivity index (χ3v) is 6.05. The molecule has 3 aromatic rings. The standard InChI is InChI=1S/C26H29Br2N3O5/c1-7-34-21-10-16(19(28)12-22(21)35-14-23(32)36-15(2)3)13-29-31-24(33)18-11-17(27)8-9-20(18)30-25(31)26(4,5)6/h8-13,15H,7,14H2,1-6H3. The first kappa shape index (κ1) is 27.9. The summed E-state index contributed by atoms with van der Waals surface area (Å²) in [5.41, 5.74) is 0.550. The number of hydrogen-bond acceptors (Lipinski definition) is 7. The molecule has 2 aromatic carbocycles. The fraction of sp³-hybridized carbons (Fsp3) is 0.385. The Kier molecular flexibility index (Phi) is 8.94. The monoisotopic (exact) mass is 621 g/mol. The topological polar surface area (TPSA) is 92.0 Å². The first-order chi connectivity index (χ1) is 16.9. The van der Waals surface area contributed by atoms with Crippen LogP contribution in [0.1, 0.15) is 52.9 Å². The average molecular weight is 623 g/mol. The lowest BCUT2D eigenvalue weighted by Crippen LogP contribution is -2.29. The largest absolute Gasteiger partial charge is 0.490 e. The SMILES string of the molecule is CCOc1cc(C=Nn2c(C(C)(C)C)nc3ccc(Br)cc3c2=O)c(Br)cc1OCC(=O)OC(C)C. The van der Waals surface area contributed by atoms with Gasteiger partial charge in [0.25, 0.3) is 5.56 Å². The molecular weight excluding hydrogens is 594 g/mol. The molecule has 8 nitrogen and oxygen atoms in total. The van der Waals surface area contributed by atoms with Gasteiger partial charge in [-0.2, -0.15) is 9.78 Å². The van der Waals surface area contributed by atoms with E-state index in [-0.39, 0.29) is 18.3 Å². The van der Waals surface area contributed by atoms with Crippen molar-refractivity contribution in [1.29, 1.82) is 0 Å². The normalized spacial score (nSPS) is 11.9. The van der Waals surface area contributed by atoms with Gasteiger partial charge in [0.1, 0.15) is 5.82 Å². The number of hydrogen-bond donors (Lipinski definition) is 0. The molecule has 0 atom stereocenters. The fourth-order valence-corrected chi connectivity index (χ4v) is 4.11. The molecule has 0 aliphatic rings. The molecule has 10 heteroatoms. The van der Waals surface area contributed by atoms with Crippen molar-refractivity contribution < 1.29 is 19.0 Å².